The molecule has 0 fully saturated rings. The van der Waals surface area contributed by atoms with Crippen LogP contribution in [0.4, 0.5) is 0 Å². The third kappa shape index (κ3) is 4.36. The van der Waals surface area contributed by atoms with Gasteiger partial charge in [0.1, 0.15) is 5.75 Å². The summed E-state index contributed by atoms with van der Waals surface area (Å²) in [6.07, 6.45) is 0.655. The standard InChI is InChI=1S/C12H17Cl2NO2/c1-3-12(2,17)7-15-6-8-4-9(13)5-10(14)11(8)16/h4-5,15-17H,3,6-7H2,1-2H3. The van der Waals surface area contributed by atoms with Gasteiger partial charge in [-0.25, -0.2) is 0 Å². The van der Waals surface area contributed by atoms with Gasteiger partial charge in [0.15, 0.2) is 0 Å². The smallest absolute Gasteiger partial charge is 0.138 e. The molecule has 1 atom stereocenters. The molecule has 0 amide bonds. The van der Waals surface area contributed by atoms with Crippen molar-refractivity contribution in [2.45, 2.75) is 32.4 Å². The summed E-state index contributed by atoms with van der Waals surface area (Å²) >= 11 is 11.6. The SMILES string of the molecule is CCC(C)(O)CNCc1cc(Cl)cc(Cl)c1O. The summed E-state index contributed by atoms with van der Waals surface area (Å²) in [4.78, 5) is 0. The molecular formula is C12H17Cl2NO2. The van der Waals surface area contributed by atoms with Crippen LogP contribution in [0, 0.1) is 0 Å². The van der Waals surface area contributed by atoms with Crippen LogP contribution in [0.3, 0.4) is 0 Å². The average Bonchev–Trinajstić information content (AvgIpc) is 2.24. The van der Waals surface area contributed by atoms with Crippen LogP contribution in [0.2, 0.25) is 10.0 Å². The fourth-order valence-electron chi connectivity index (χ4n) is 1.35. The molecule has 1 unspecified atom stereocenters. The Balaban J connectivity index is 2.64. The van der Waals surface area contributed by atoms with Gasteiger partial charge in [0.25, 0.3) is 0 Å². The number of rotatable bonds is 5. The zero-order chi connectivity index (χ0) is 13.1. The minimum Gasteiger partial charge on any atom is -0.506 e. The first-order valence-electron chi connectivity index (χ1n) is 5.45. The van der Waals surface area contributed by atoms with Gasteiger partial charge in [0.2, 0.25) is 0 Å². The van der Waals surface area contributed by atoms with Gasteiger partial charge in [-0.2, -0.15) is 0 Å². The molecule has 0 heterocycles. The molecule has 0 saturated carbocycles. The van der Waals surface area contributed by atoms with E-state index in [9.17, 15) is 10.2 Å². The van der Waals surface area contributed by atoms with Crippen molar-refractivity contribution in [2.24, 2.45) is 0 Å². The molecule has 0 aliphatic carbocycles. The summed E-state index contributed by atoms with van der Waals surface area (Å²) in [5, 5.41) is 23.3. The average molecular weight is 278 g/mol. The van der Waals surface area contributed by atoms with Gasteiger partial charge in [-0.1, -0.05) is 30.1 Å². The van der Waals surface area contributed by atoms with Gasteiger partial charge >= 0.3 is 0 Å². The Kier molecular flexibility index (Phi) is 5.07. The number of nitrogens with one attached hydrogen (secondary N) is 1. The second kappa shape index (κ2) is 5.91. The summed E-state index contributed by atoms with van der Waals surface area (Å²) in [5.74, 6) is 0.0275. The van der Waals surface area contributed by atoms with Crippen molar-refractivity contribution in [3.8, 4) is 5.75 Å². The summed E-state index contributed by atoms with van der Waals surface area (Å²) in [6, 6.07) is 3.14. The fourth-order valence-corrected chi connectivity index (χ4v) is 1.88. The number of halogens is 2. The molecule has 1 aromatic carbocycles. The molecule has 0 aliphatic heterocycles. The van der Waals surface area contributed by atoms with E-state index in [1.54, 1.807) is 13.0 Å². The summed E-state index contributed by atoms with van der Waals surface area (Å²) in [7, 11) is 0. The first-order chi connectivity index (χ1) is 7.85. The van der Waals surface area contributed by atoms with E-state index in [0.29, 0.717) is 30.1 Å². The molecule has 96 valence electrons. The predicted molar refractivity (Wildman–Crippen MR) is 70.7 cm³/mol. The number of benzene rings is 1. The van der Waals surface area contributed by atoms with Crippen molar-refractivity contribution in [2.75, 3.05) is 6.54 Å². The molecule has 1 aromatic rings. The van der Waals surface area contributed by atoms with Crippen molar-refractivity contribution >= 4 is 23.2 Å². The molecule has 0 aromatic heterocycles. The lowest BCUT2D eigenvalue weighted by Gasteiger charge is -2.21. The van der Waals surface area contributed by atoms with Crippen LogP contribution in [0.1, 0.15) is 25.8 Å². The predicted octanol–water partition coefficient (Wildman–Crippen LogP) is 2.95. The van der Waals surface area contributed by atoms with Crippen LogP contribution >= 0.6 is 23.2 Å². The number of hydrogen-bond acceptors (Lipinski definition) is 3. The Hall–Kier alpha value is -0.480. The molecule has 1 rings (SSSR count). The maximum Gasteiger partial charge on any atom is 0.138 e. The van der Waals surface area contributed by atoms with Gasteiger partial charge in [-0.3, -0.25) is 0 Å². The van der Waals surface area contributed by atoms with E-state index >= 15 is 0 Å². The largest absolute Gasteiger partial charge is 0.506 e. The Bertz CT molecular complexity index is 394. The highest BCUT2D eigenvalue weighted by molar-refractivity contribution is 6.35. The maximum absolute atomic E-state index is 9.80. The minimum atomic E-state index is -0.752. The summed E-state index contributed by atoms with van der Waals surface area (Å²) in [5.41, 5.74) is -0.132. The first-order valence-corrected chi connectivity index (χ1v) is 6.21. The maximum atomic E-state index is 9.80. The van der Waals surface area contributed by atoms with E-state index in [0.717, 1.165) is 0 Å². The molecule has 0 bridgehead atoms. The molecular weight excluding hydrogens is 261 g/mol. The molecule has 3 nitrogen and oxygen atoms in total. The van der Waals surface area contributed by atoms with Crippen molar-refractivity contribution in [3.63, 3.8) is 0 Å². The van der Waals surface area contributed by atoms with E-state index in [-0.39, 0.29) is 10.8 Å². The number of hydrogen-bond donors (Lipinski definition) is 3. The molecule has 17 heavy (non-hydrogen) atoms. The highest BCUT2D eigenvalue weighted by Gasteiger charge is 2.17. The van der Waals surface area contributed by atoms with Crippen LogP contribution in [0.15, 0.2) is 12.1 Å². The minimum absolute atomic E-state index is 0.0275. The number of aliphatic hydroxyl groups is 1. The summed E-state index contributed by atoms with van der Waals surface area (Å²) < 4.78 is 0. The van der Waals surface area contributed by atoms with E-state index in [4.69, 9.17) is 23.2 Å². The van der Waals surface area contributed by atoms with Crippen LogP contribution in [-0.4, -0.2) is 22.4 Å². The normalized spacial score (nSPS) is 14.6. The molecule has 0 spiro atoms. The molecule has 5 heteroatoms. The lowest BCUT2D eigenvalue weighted by molar-refractivity contribution is 0.0555. The topological polar surface area (TPSA) is 52.5 Å². The monoisotopic (exact) mass is 277 g/mol. The Morgan fingerprint density at radius 3 is 2.59 bits per heavy atom. The van der Waals surface area contributed by atoms with Gasteiger partial charge in [0.05, 0.1) is 10.6 Å². The lowest BCUT2D eigenvalue weighted by Crippen LogP contribution is -2.36. The zero-order valence-electron chi connectivity index (χ0n) is 9.93. The number of phenolic OH excluding ortho intramolecular Hbond substituents is 1. The van der Waals surface area contributed by atoms with Gasteiger partial charge in [0, 0.05) is 23.7 Å². The second-order valence-corrected chi connectivity index (χ2v) is 5.19. The fraction of sp³-hybridized carbons (Fsp3) is 0.500. The van der Waals surface area contributed by atoms with Crippen molar-refractivity contribution < 1.29 is 10.2 Å². The molecule has 3 N–H and O–H groups in total. The Morgan fingerprint density at radius 1 is 1.35 bits per heavy atom. The van der Waals surface area contributed by atoms with Crippen LogP contribution < -0.4 is 5.32 Å². The van der Waals surface area contributed by atoms with E-state index in [1.807, 2.05) is 6.92 Å². The second-order valence-electron chi connectivity index (χ2n) is 4.35. The van der Waals surface area contributed by atoms with Crippen molar-refractivity contribution in [1.29, 1.82) is 0 Å². The lowest BCUT2D eigenvalue weighted by atomic mass is 10.0. The number of aromatic hydroxyl groups is 1. The van der Waals surface area contributed by atoms with E-state index in [2.05, 4.69) is 5.32 Å². The third-order valence-corrected chi connectivity index (χ3v) is 3.20. The molecule has 0 aliphatic rings. The molecule has 0 radical (unpaired) electrons. The van der Waals surface area contributed by atoms with Gasteiger partial charge in [-0.05, 0) is 25.5 Å². The quantitative estimate of drug-likeness (QED) is 0.776. The van der Waals surface area contributed by atoms with Crippen LogP contribution in [0.5, 0.6) is 5.75 Å². The summed E-state index contributed by atoms with van der Waals surface area (Å²) in [6.45, 7) is 4.51. The highest BCUT2D eigenvalue weighted by atomic mass is 35.5. The molecule has 0 saturated heterocycles. The Morgan fingerprint density at radius 2 is 2.00 bits per heavy atom. The third-order valence-electron chi connectivity index (χ3n) is 2.69. The van der Waals surface area contributed by atoms with Crippen LogP contribution in [-0.2, 0) is 6.54 Å². The zero-order valence-corrected chi connectivity index (χ0v) is 11.4. The Labute approximate surface area is 111 Å². The van der Waals surface area contributed by atoms with Crippen LogP contribution in [0.25, 0.3) is 0 Å². The van der Waals surface area contributed by atoms with E-state index < -0.39 is 5.60 Å². The number of phenols is 1. The van der Waals surface area contributed by atoms with E-state index in [1.165, 1.54) is 6.07 Å². The van der Waals surface area contributed by atoms with Crippen molar-refractivity contribution in [1.82, 2.24) is 5.32 Å². The van der Waals surface area contributed by atoms with Crippen molar-refractivity contribution in [3.05, 3.63) is 27.7 Å². The van der Waals surface area contributed by atoms with Gasteiger partial charge in [-0.15, -0.1) is 0 Å². The first kappa shape index (κ1) is 14.6. The van der Waals surface area contributed by atoms with Gasteiger partial charge < -0.3 is 15.5 Å². The highest BCUT2D eigenvalue weighted by Crippen LogP contribution is 2.30.